The van der Waals surface area contributed by atoms with Gasteiger partial charge in [-0.2, -0.15) is 10.2 Å². The number of benzene rings is 1. The summed E-state index contributed by atoms with van der Waals surface area (Å²) in [6, 6.07) is 7.55. The number of carbonyl (C=O) groups is 3. The van der Waals surface area contributed by atoms with Gasteiger partial charge in [-0.25, -0.2) is 9.59 Å². The largest absolute Gasteiger partial charge is 0.467 e. The highest BCUT2D eigenvalue weighted by Gasteiger charge is 2.53. The molecule has 0 radical (unpaired) electrons. The SMILES string of the molecule is CCOC(=O)Cn1ncc2c1[C@@H](C(=O)OC)N1C[C@@H]2N(OCc2ccccc2)C1=O. The Hall–Kier alpha value is -3.40. The van der Waals surface area contributed by atoms with Crippen LogP contribution in [-0.4, -0.2) is 58.0 Å². The fraction of sp³-hybridized carbons (Fsp3) is 0.400. The molecular weight excluding hydrogens is 392 g/mol. The van der Waals surface area contributed by atoms with Crippen molar-refractivity contribution in [2.24, 2.45) is 0 Å². The van der Waals surface area contributed by atoms with E-state index < -0.39 is 30.1 Å². The van der Waals surface area contributed by atoms with Crippen LogP contribution < -0.4 is 0 Å². The molecule has 2 aliphatic heterocycles. The molecule has 30 heavy (non-hydrogen) atoms. The van der Waals surface area contributed by atoms with Gasteiger partial charge in [0.25, 0.3) is 0 Å². The maximum atomic E-state index is 13.0. The number of hydroxylamine groups is 2. The molecule has 10 nitrogen and oxygen atoms in total. The summed E-state index contributed by atoms with van der Waals surface area (Å²) < 4.78 is 11.3. The van der Waals surface area contributed by atoms with Gasteiger partial charge >= 0.3 is 18.0 Å². The molecule has 2 aliphatic rings. The van der Waals surface area contributed by atoms with Crippen molar-refractivity contribution in [2.45, 2.75) is 32.2 Å². The topological polar surface area (TPSA) is 103 Å². The number of fused-ring (bicyclic) bond motifs is 4. The number of ether oxygens (including phenoxy) is 2. The van der Waals surface area contributed by atoms with Gasteiger partial charge in [0.05, 0.1) is 32.2 Å². The van der Waals surface area contributed by atoms with Crippen LogP contribution >= 0.6 is 0 Å². The van der Waals surface area contributed by atoms with Crippen LogP contribution in [0.3, 0.4) is 0 Å². The Kier molecular flexibility index (Phi) is 5.40. The molecule has 0 aliphatic carbocycles. The number of urea groups is 1. The lowest BCUT2D eigenvalue weighted by Gasteiger charge is -2.29. The molecular formula is C20H22N4O6. The number of hydrogen-bond acceptors (Lipinski definition) is 7. The smallest absolute Gasteiger partial charge is 0.345 e. The molecule has 2 bridgehead atoms. The molecule has 0 N–H and O–H groups in total. The zero-order valence-electron chi connectivity index (χ0n) is 16.7. The molecule has 2 aromatic rings. The van der Waals surface area contributed by atoms with E-state index in [1.807, 2.05) is 30.3 Å². The van der Waals surface area contributed by atoms with E-state index in [0.29, 0.717) is 11.3 Å². The van der Waals surface area contributed by atoms with Gasteiger partial charge in [-0.1, -0.05) is 30.3 Å². The molecule has 0 spiro atoms. The van der Waals surface area contributed by atoms with E-state index in [1.54, 1.807) is 13.1 Å². The van der Waals surface area contributed by atoms with Gasteiger partial charge in [0, 0.05) is 5.56 Å². The molecule has 10 heteroatoms. The number of rotatable bonds is 7. The first-order chi connectivity index (χ1) is 14.5. The van der Waals surface area contributed by atoms with Crippen molar-refractivity contribution in [1.82, 2.24) is 19.7 Å². The second-order valence-electron chi connectivity index (χ2n) is 6.91. The fourth-order valence-electron chi connectivity index (χ4n) is 3.82. The molecule has 2 atom stereocenters. The van der Waals surface area contributed by atoms with Gasteiger partial charge in [-0.15, -0.1) is 0 Å². The minimum absolute atomic E-state index is 0.170. The number of carbonyl (C=O) groups excluding carboxylic acids is 3. The van der Waals surface area contributed by atoms with Gasteiger partial charge in [0.1, 0.15) is 19.2 Å². The molecule has 1 fully saturated rings. The zero-order valence-corrected chi connectivity index (χ0v) is 16.7. The number of aromatic nitrogens is 2. The molecule has 2 amide bonds. The zero-order chi connectivity index (χ0) is 21.3. The van der Waals surface area contributed by atoms with Crippen molar-refractivity contribution in [3.63, 3.8) is 0 Å². The Morgan fingerprint density at radius 1 is 1.23 bits per heavy atom. The lowest BCUT2D eigenvalue weighted by atomic mass is 9.98. The molecule has 1 saturated heterocycles. The lowest BCUT2D eigenvalue weighted by Crippen LogP contribution is -2.40. The third-order valence-corrected chi connectivity index (χ3v) is 5.15. The van der Waals surface area contributed by atoms with Crippen LogP contribution in [0.4, 0.5) is 4.79 Å². The first kappa shape index (κ1) is 19.9. The quantitative estimate of drug-likeness (QED) is 0.634. The minimum Gasteiger partial charge on any atom is -0.467 e. The van der Waals surface area contributed by atoms with Crippen LogP contribution in [0.1, 0.15) is 35.8 Å². The van der Waals surface area contributed by atoms with E-state index in [-0.39, 0.29) is 26.3 Å². The predicted octanol–water partition coefficient (Wildman–Crippen LogP) is 1.58. The van der Waals surface area contributed by atoms with Crippen molar-refractivity contribution in [2.75, 3.05) is 20.3 Å². The van der Waals surface area contributed by atoms with Crippen LogP contribution in [0.2, 0.25) is 0 Å². The minimum atomic E-state index is -1.02. The van der Waals surface area contributed by atoms with E-state index in [1.165, 1.54) is 21.8 Å². The maximum absolute atomic E-state index is 13.0. The average Bonchev–Trinajstić information content (AvgIpc) is 3.28. The van der Waals surface area contributed by atoms with Gasteiger partial charge < -0.3 is 14.4 Å². The first-order valence-corrected chi connectivity index (χ1v) is 9.60. The van der Waals surface area contributed by atoms with E-state index in [0.717, 1.165) is 5.56 Å². The highest BCUT2D eigenvalue weighted by molar-refractivity contribution is 5.87. The second-order valence-corrected chi connectivity index (χ2v) is 6.91. The van der Waals surface area contributed by atoms with Gasteiger partial charge in [0.2, 0.25) is 0 Å². The predicted molar refractivity (Wildman–Crippen MR) is 102 cm³/mol. The number of esters is 2. The van der Waals surface area contributed by atoms with Crippen molar-refractivity contribution >= 4 is 18.0 Å². The molecule has 0 saturated carbocycles. The van der Waals surface area contributed by atoms with Crippen molar-refractivity contribution < 1.29 is 28.7 Å². The number of amides is 2. The molecule has 0 unspecified atom stereocenters. The van der Waals surface area contributed by atoms with Crippen LogP contribution in [0.25, 0.3) is 0 Å². The number of methoxy groups -OCH3 is 1. The maximum Gasteiger partial charge on any atom is 0.345 e. The average molecular weight is 414 g/mol. The Bertz CT molecular complexity index is 959. The molecule has 1 aromatic carbocycles. The summed E-state index contributed by atoms with van der Waals surface area (Å²) >= 11 is 0. The van der Waals surface area contributed by atoms with E-state index in [9.17, 15) is 14.4 Å². The fourth-order valence-corrected chi connectivity index (χ4v) is 3.82. The summed E-state index contributed by atoms with van der Waals surface area (Å²) in [5, 5.41) is 5.54. The Labute approximate surface area is 172 Å². The summed E-state index contributed by atoms with van der Waals surface area (Å²) in [5.74, 6) is -1.10. The van der Waals surface area contributed by atoms with E-state index in [4.69, 9.17) is 14.3 Å². The molecule has 3 heterocycles. The number of hydrogen-bond donors (Lipinski definition) is 0. The second kappa shape index (κ2) is 8.15. The Morgan fingerprint density at radius 2 is 2.00 bits per heavy atom. The van der Waals surface area contributed by atoms with Crippen LogP contribution in [0.5, 0.6) is 0 Å². The van der Waals surface area contributed by atoms with Crippen molar-refractivity contribution in [3.8, 4) is 0 Å². The number of nitrogens with zero attached hydrogens (tertiary/aromatic N) is 4. The molecule has 1 aromatic heterocycles. The molecule has 158 valence electrons. The van der Waals surface area contributed by atoms with Crippen molar-refractivity contribution in [1.29, 1.82) is 0 Å². The standard InChI is InChI=1S/C20H22N4O6/c1-3-29-16(25)11-23-17-14(9-21-23)15-10-22(18(17)19(26)28-2)20(27)24(15)30-12-13-7-5-4-6-8-13/h4-9,15,18H,3,10-12H2,1-2H3/t15-,18-/m0/s1. The Balaban J connectivity index is 1.65. The third kappa shape index (κ3) is 3.39. The Morgan fingerprint density at radius 3 is 2.70 bits per heavy atom. The monoisotopic (exact) mass is 414 g/mol. The lowest BCUT2D eigenvalue weighted by molar-refractivity contribution is -0.147. The van der Waals surface area contributed by atoms with E-state index >= 15 is 0 Å². The third-order valence-electron chi connectivity index (χ3n) is 5.15. The summed E-state index contributed by atoms with van der Waals surface area (Å²) in [4.78, 5) is 44.8. The first-order valence-electron chi connectivity index (χ1n) is 9.60. The highest BCUT2D eigenvalue weighted by Crippen LogP contribution is 2.44. The normalized spacial score (nSPS) is 19.6. The summed E-state index contributed by atoms with van der Waals surface area (Å²) in [6.45, 7) is 2.23. The van der Waals surface area contributed by atoms with Crippen LogP contribution in [0.15, 0.2) is 36.5 Å². The van der Waals surface area contributed by atoms with Crippen LogP contribution in [0, 0.1) is 0 Å². The summed E-state index contributed by atoms with van der Waals surface area (Å²) in [6.07, 6.45) is 1.56. The van der Waals surface area contributed by atoms with Crippen molar-refractivity contribution in [3.05, 3.63) is 53.3 Å². The van der Waals surface area contributed by atoms with Gasteiger partial charge in [-0.3, -0.25) is 14.3 Å². The molecule has 4 rings (SSSR count). The summed E-state index contributed by atoms with van der Waals surface area (Å²) in [5.41, 5.74) is 1.99. The summed E-state index contributed by atoms with van der Waals surface area (Å²) in [7, 11) is 1.25. The van der Waals surface area contributed by atoms with Gasteiger partial charge in [0.15, 0.2) is 6.04 Å². The van der Waals surface area contributed by atoms with Gasteiger partial charge in [-0.05, 0) is 12.5 Å². The van der Waals surface area contributed by atoms with Crippen LogP contribution in [-0.2, 0) is 37.1 Å². The highest BCUT2D eigenvalue weighted by atomic mass is 16.7. The van der Waals surface area contributed by atoms with E-state index in [2.05, 4.69) is 5.10 Å².